The van der Waals surface area contributed by atoms with Crippen LogP contribution in [-0.2, 0) is 9.47 Å². The van der Waals surface area contributed by atoms with E-state index in [0.29, 0.717) is 15.6 Å². The van der Waals surface area contributed by atoms with E-state index >= 15 is 0 Å². The smallest absolute Gasteiger partial charge is 0.209 e. The van der Waals surface area contributed by atoms with Gasteiger partial charge in [0.15, 0.2) is 0 Å². The number of nitrogens with zero attached hydrogens (tertiary/aromatic N) is 1. The minimum Gasteiger partial charge on any atom is -0.350 e. The first-order valence-corrected chi connectivity index (χ1v) is 6.17. The number of rotatable bonds is 2. The van der Waals surface area contributed by atoms with E-state index < -0.39 is 0 Å². The fourth-order valence-corrected chi connectivity index (χ4v) is 4.45. The minimum absolute atomic E-state index is 0.330. The van der Waals surface area contributed by atoms with Crippen LogP contribution >= 0.6 is 27.7 Å². The molecule has 0 saturated carbocycles. The van der Waals surface area contributed by atoms with Gasteiger partial charge >= 0.3 is 0 Å². The van der Waals surface area contributed by atoms with Gasteiger partial charge in [-0.25, -0.2) is 0 Å². The Bertz CT molecular complexity index is 212. The van der Waals surface area contributed by atoms with Crippen molar-refractivity contribution in [3.8, 4) is 0 Å². The fourth-order valence-electron chi connectivity index (χ4n) is 1.95. The molecule has 76 valence electrons. The van der Waals surface area contributed by atoms with Gasteiger partial charge in [0.1, 0.15) is 10.9 Å². The van der Waals surface area contributed by atoms with Gasteiger partial charge in [-0.3, -0.25) is 4.90 Å². The number of hydrogen-bond donors (Lipinski definition) is 0. The Balaban J connectivity index is 2.14. The number of epoxide rings is 1. The Kier molecular flexibility index (Phi) is 2.66. The van der Waals surface area contributed by atoms with E-state index in [2.05, 4.69) is 34.8 Å². The lowest BCUT2D eigenvalue weighted by Crippen LogP contribution is -2.46. The van der Waals surface area contributed by atoms with Crippen molar-refractivity contribution in [1.82, 2.24) is 4.90 Å². The van der Waals surface area contributed by atoms with Gasteiger partial charge in [0.25, 0.3) is 0 Å². The first-order valence-electron chi connectivity index (χ1n) is 4.31. The maximum Gasteiger partial charge on any atom is 0.209 e. The van der Waals surface area contributed by atoms with Gasteiger partial charge in [-0.2, -0.15) is 0 Å². The molecule has 0 aromatic heterocycles. The Morgan fingerprint density at radius 3 is 2.62 bits per heavy atom. The summed E-state index contributed by atoms with van der Waals surface area (Å²) in [4.78, 5) is 2.27. The highest BCUT2D eigenvalue weighted by atomic mass is 79.9. The molecule has 5 heteroatoms. The number of alkyl halides is 1. The molecule has 2 rings (SSSR count). The molecule has 4 atom stereocenters. The zero-order chi connectivity index (χ0) is 9.64. The summed E-state index contributed by atoms with van der Waals surface area (Å²) in [5, 5.41) is 0.539. The van der Waals surface area contributed by atoms with Crippen molar-refractivity contribution >= 4 is 27.7 Å². The third-order valence-corrected chi connectivity index (χ3v) is 5.29. The van der Waals surface area contributed by atoms with Gasteiger partial charge in [0, 0.05) is 12.4 Å². The maximum absolute atomic E-state index is 5.42. The second kappa shape index (κ2) is 3.38. The van der Waals surface area contributed by atoms with Gasteiger partial charge in [-0.15, -0.1) is 11.8 Å². The average molecular weight is 268 g/mol. The van der Waals surface area contributed by atoms with E-state index in [1.54, 1.807) is 7.11 Å². The van der Waals surface area contributed by atoms with Crippen LogP contribution in [0.2, 0.25) is 0 Å². The quantitative estimate of drug-likeness (QED) is 0.430. The number of likely N-dealkylation sites (N-methyl/N-ethyl adjacent to an activating group) is 1. The van der Waals surface area contributed by atoms with Crippen molar-refractivity contribution < 1.29 is 9.47 Å². The van der Waals surface area contributed by atoms with Crippen LogP contribution in [0, 0.1) is 0 Å². The van der Waals surface area contributed by atoms with Gasteiger partial charge in [-0.05, 0) is 7.05 Å². The lowest BCUT2D eigenvalue weighted by Gasteiger charge is -2.27. The van der Waals surface area contributed by atoms with E-state index in [1.807, 2.05) is 11.8 Å². The molecule has 0 aromatic rings. The zero-order valence-electron chi connectivity index (χ0n) is 7.99. The summed E-state index contributed by atoms with van der Waals surface area (Å²) in [6, 6.07) is 0.354. The van der Waals surface area contributed by atoms with Gasteiger partial charge in [0.05, 0.1) is 6.04 Å². The highest BCUT2D eigenvalue weighted by Gasteiger charge is 2.59. The zero-order valence-corrected chi connectivity index (χ0v) is 10.4. The number of thioether (sulfide) groups is 1. The molecule has 0 aromatic carbocycles. The molecule has 13 heavy (non-hydrogen) atoms. The van der Waals surface area contributed by atoms with Crippen LogP contribution < -0.4 is 0 Å². The van der Waals surface area contributed by atoms with E-state index in [4.69, 9.17) is 9.47 Å². The Labute approximate surface area is 91.3 Å². The number of halogens is 1. The van der Waals surface area contributed by atoms with E-state index in [-0.39, 0.29) is 5.79 Å². The molecule has 2 aliphatic heterocycles. The second-order valence-corrected chi connectivity index (χ2v) is 6.48. The summed E-state index contributed by atoms with van der Waals surface area (Å²) in [7, 11) is 3.82. The molecule has 0 spiro atoms. The average Bonchev–Trinajstić information content (AvgIpc) is 2.81. The van der Waals surface area contributed by atoms with Crippen molar-refractivity contribution in [2.24, 2.45) is 0 Å². The van der Waals surface area contributed by atoms with Crippen LogP contribution in [0.1, 0.15) is 6.92 Å². The molecular weight excluding hydrogens is 254 g/mol. The highest BCUT2D eigenvalue weighted by Crippen LogP contribution is 2.47. The summed E-state index contributed by atoms with van der Waals surface area (Å²) in [5.41, 5.74) is 0. The largest absolute Gasteiger partial charge is 0.350 e. The Hall–Kier alpha value is 0.710. The molecule has 2 aliphatic rings. The van der Waals surface area contributed by atoms with E-state index in [1.165, 1.54) is 0 Å². The molecule has 2 fully saturated rings. The Morgan fingerprint density at radius 2 is 2.31 bits per heavy atom. The summed E-state index contributed by atoms with van der Waals surface area (Å²) in [6.07, 6.45) is 0. The number of ether oxygens (including phenoxy) is 2. The summed E-state index contributed by atoms with van der Waals surface area (Å²) >= 11 is 5.51. The lowest BCUT2D eigenvalue weighted by atomic mass is 10.1. The highest BCUT2D eigenvalue weighted by molar-refractivity contribution is 9.11. The van der Waals surface area contributed by atoms with Crippen molar-refractivity contribution in [2.75, 3.05) is 20.8 Å². The summed E-state index contributed by atoms with van der Waals surface area (Å²) < 4.78 is 11.2. The van der Waals surface area contributed by atoms with E-state index in [0.717, 1.165) is 6.61 Å². The van der Waals surface area contributed by atoms with Gasteiger partial charge < -0.3 is 9.47 Å². The van der Waals surface area contributed by atoms with Crippen LogP contribution in [0.25, 0.3) is 0 Å². The van der Waals surface area contributed by atoms with Crippen LogP contribution in [-0.4, -0.2) is 47.0 Å². The fraction of sp³-hybridized carbons (Fsp3) is 1.00. The third-order valence-electron chi connectivity index (χ3n) is 2.76. The molecule has 0 bridgehead atoms. The monoisotopic (exact) mass is 267 g/mol. The molecule has 0 amide bonds. The van der Waals surface area contributed by atoms with Gasteiger partial charge in [0.2, 0.25) is 5.79 Å². The molecular formula is C8H14BrNO2S. The summed E-state index contributed by atoms with van der Waals surface area (Å²) in [6.45, 7) is 2.94. The molecule has 0 N–H and O–H groups in total. The molecule has 3 nitrogen and oxygen atoms in total. The third kappa shape index (κ3) is 1.55. The topological polar surface area (TPSA) is 25.0 Å². The van der Waals surface area contributed by atoms with E-state index in [9.17, 15) is 0 Å². The lowest BCUT2D eigenvalue weighted by molar-refractivity contribution is -0.0625. The van der Waals surface area contributed by atoms with Crippen molar-refractivity contribution in [3.63, 3.8) is 0 Å². The number of methoxy groups -OCH3 is 1. The van der Waals surface area contributed by atoms with Crippen molar-refractivity contribution in [2.45, 2.75) is 28.3 Å². The van der Waals surface area contributed by atoms with Crippen LogP contribution in [0.15, 0.2) is 0 Å². The maximum atomic E-state index is 5.42. The van der Waals surface area contributed by atoms with Gasteiger partial charge in [-0.1, -0.05) is 22.9 Å². The SMILES string of the molecule is COC1(C2C(C)SC(Br)N2C)CO1. The molecule has 2 saturated heterocycles. The van der Waals surface area contributed by atoms with Crippen LogP contribution in [0.4, 0.5) is 0 Å². The second-order valence-electron chi connectivity index (χ2n) is 3.55. The molecule has 0 radical (unpaired) electrons. The van der Waals surface area contributed by atoms with Crippen molar-refractivity contribution in [3.05, 3.63) is 0 Å². The minimum atomic E-state index is -0.330. The predicted octanol–water partition coefficient (Wildman–Crippen LogP) is 1.47. The summed E-state index contributed by atoms with van der Waals surface area (Å²) in [5.74, 6) is -0.330. The molecule has 4 unspecified atom stereocenters. The standard InChI is InChI=1S/C8H14BrNO2S/c1-5-6(8(11-3)4-12-8)10(2)7(9)13-5/h5-7H,4H2,1-3H3. The Morgan fingerprint density at radius 1 is 1.69 bits per heavy atom. The number of hydrogen-bond acceptors (Lipinski definition) is 4. The first kappa shape index (κ1) is 10.2. The first-order chi connectivity index (χ1) is 6.10. The van der Waals surface area contributed by atoms with Crippen molar-refractivity contribution in [1.29, 1.82) is 0 Å². The van der Waals surface area contributed by atoms with Crippen LogP contribution in [0.5, 0.6) is 0 Å². The molecule has 2 heterocycles. The predicted molar refractivity (Wildman–Crippen MR) is 57.0 cm³/mol. The van der Waals surface area contributed by atoms with Crippen LogP contribution in [0.3, 0.4) is 0 Å². The normalized spacial score (nSPS) is 51.2. The molecule has 0 aliphatic carbocycles.